The van der Waals surface area contributed by atoms with Crippen molar-refractivity contribution in [3.05, 3.63) is 0 Å². The van der Waals surface area contributed by atoms with Gasteiger partial charge in [0, 0.05) is 20.2 Å². The zero-order valence-corrected chi connectivity index (χ0v) is 10.2. The van der Waals surface area contributed by atoms with Crippen LogP contribution in [-0.4, -0.2) is 43.4 Å². The summed E-state index contributed by atoms with van der Waals surface area (Å²) < 4.78 is 4.95. The number of hydrogen-bond donors (Lipinski definition) is 3. The average molecular weight is 232 g/mol. The molecule has 6 nitrogen and oxygen atoms in total. The van der Waals surface area contributed by atoms with E-state index < -0.39 is 17.4 Å². The number of hydrogen-bond acceptors (Lipinski definition) is 3. The quantitative estimate of drug-likeness (QED) is 0.619. The molecule has 94 valence electrons. The molecule has 0 saturated heterocycles. The number of ether oxygens (including phenoxy) is 1. The summed E-state index contributed by atoms with van der Waals surface area (Å²) in [5, 5.41) is 13.9. The van der Waals surface area contributed by atoms with E-state index in [4.69, 9.17) is 9.84 Å². The van der Waals surface area contributed by atoms with Crippen LogP contribution in [-0.2, 0) is 9.53 Å². The van der Waals surface area contributed by atoms with Crippen LogP contribution in [0.2, 0.25) is 0 Å². The van der Waals surface area contributed by atoms with Crippen LogP contribution in [0.5, 0.6) is 0 Å². The number of urea groups is 1. The molecule has 0 aliphatic heterocycles. The third-order valence-electron chi connectivity index (χ3n) is 2.22. The van der Waals surface area contributed by atoms with Gasteiger partial charge in [0.05, 0.1) is 11.5 Å². The SMILES string of the molecule is COC(C)CNC(=O)NCC(C)(C)C(=O)O. The van der Waals surface area contributed by atoms with E-state index in [0.717, 1.165) is 0 Å². The second kappa shape index (κ2) is 6.32. The van der Waals surface area contributed by atoms with E-state index in [9.17, 15) is 9.59 Å². The summed E-state index contributed by atoms with van der Waals surface area (Å²) in [5.41, 5.74) is -0.968. The number of methoxy groups -OCH3 is 1. The Hall–Kier alpha value is -1.30. The minimum Gasteiger partial charge on any atom is -0.481 e. The summed E-state index contributed by atoms with van der Waals surface area (Å²) in [7, 11) is 1.55. The molecule has 0 saturated carbocycles. The first-order valence-corrected chi connectivity index (χ1v) is 5.07. The zero-order valence-electron chi connectivity index (χ0n) is 10.2. The van der Waals surface area contributed by atoms with E-state index in [-0.39, 0.29) is 12.6 Å². The molecule has 0 aromatic carbocycles. The number of aliphatic carboxylic acids is 1. The third-order valence-corrected chi connectivity index (χ3v) is 2.22. The van der Waals surface area contributed by atoms with Gasteiger partial charge in [0.1, 0.15) is 0 Å². The van der Waals surface area contributed by atoms with Crippen molar-refractivity contribution in [2.45, 2.75) is 26.9 Å². The van der Waals surface area contributed by atoms with E-state index in [2.05, 4.69) is 10.6 Å². The van der Waals surface area contributed by atoms with Gasteiger partial charge in [-0.15, -0.1) is 0 Å². The summed E-state index contributed by atoms with van der Waals surface area (Å²) in [6, 6.07) is -0.391. The van der Waals surface area contributed by atoms with Crippen LogP contribution in [0.1, 0.15) is 20.8 Å². The number of carbonyl (C=O) groups is 2. The molecule has 0 heterocycles. The molecule has 0 radical (unpaired) electrons. The second-order valence-corrected chi connectivity index (χ2v) is 4.30. The maximum Gasteiger partial charge on any atom is 0.314 e. The molecule has 0 aromatic rings. The Morgan fingerprint density at radius 1 is 1.38 bits per heavy atom. The largest absolute Gasteiger partial charge is 0.481 e. The number of carboxylic acid groups (broad SMARTS) is 1. The monoisotopic (exact) mass is 232 g/mol. The fourth-order valence-electron chi connectivity index (χ4n) is 0.759. The molecule has 6 heteroatoms. The lowest BCUT2D eigenvalue weighted by Crippen LogP contribution is -2.45. The molecule has 1 atom stereocenters. The molecular weight excluding hydrogens is 212 g/mol. The molecule has 2 amide bonds. The van der Waals surface area contributed by atoms with Gasteiger partial charge in [0.2, 0.25) is 0 Å². The van der Waals surface area contributed by atoms with Crippen molar-refractivity contribution < 1.29 is 19.4 Å². The predicted octanol–water partition coefficient (Wildman–Crippen LogP) is 0.431. The summed E-state index contributed by atoms with van der Waals surface area (Å²) in [5.74, 6) is -0.946. The fourth-order valence-corrected chi connectivity index (χ4v) is 0.759. The van der Waals surface area contributed by atoms with E-state index in [1.165, 1.54) is 0 Å². The maximum atomic E-state index is 11.3. The van der Waals surface area contributed by atoms with Gasteiger partial charge in [0.15, 0.2) is 0 Å². The van der Waals surface area contributed by atoms with Crippen molar-refractivity contribution in [3.8, 4) is 0 Å². The van der Waals surface area contributed by atoms with Crippen LogP contribution >= 0.6 is 0 Å². The van der Waals surface area contributed by atoms with Crippen LogP contribution in [0.25, 0.3) is 0 Å². The van der Waals surface area contributed by atoms with E-state index in [1.54, 1.807) is 21.0 Å². The second-order valence-electron chi connectivity index (χ2n) is 4.30. The summed E-state index contributed by atoms with van der Waals surface area (Å²) in [6.07, 6.45) is -0.0711. The highest BCUT2D eigenvalue weighted by Gasteiger charge is 2.27. The Kier molecular flexibility index (Phi) is 5.81. The van der Waals surface area contributed by atoms with Crippen LogP contribution in [0, 0.1) is 5.41 Å². The highest BCUT2D eigenvalue weighted by Crippen LogP contribution is 2.12. The normalized spacial score (nSPS) is 13.0. The standard InChI is InChI=1S/C10H20N2O4/c1-7(16-4)5-11-9(15)12-6-10(2,3)8(13)14/h7H,5-6H2,1-4H3,(H,13,14)(H2,11,12,15). The molecule has 0 aliphatic carbocycles. The van der Waals surface area contributed by atoms with Gasteiger partial charge in [-0.2, -0.15) is 0 Å². The molecule has 1 unspecified atom stereocenters. The van der Waals surface area contributed by atoms with Crippen molar-refractivity contribution in [1.29, 1.82) is 0 Å². The van der Waals surface area contributed by atoms with Crippen molar-refractivity contribution in [3.63, 3.8) is 0 Å². The summed E-state index contributed by atoms with van der Waals surface area (Å²) >= 11 is 0. The van der Waals surface area contributed by atoms with Crippen LogP contribution < -0.4 is 10.6 Å². The van der Waals surface area contributed by atoms with Gasteiger partial charge >= 0.3 is 12.0 Å². The van der Waals surface area contributed by atoms with Gasteiger partial charge in [-0.05, 0) is 20.8 Å². The number of rotatable bonds is 6. The lowest BCUT2D eigenvalue weighted by atomic mass is 9.94. The first-order valence-electron chi connectivity index (χ1n) is 5.07. The minimum absolute atomic E-state index is 0.0711. The van der Waals surface area contributed by atoms with Crippen molar-refractivity contribution in [2.75, 3.05) is 20.2 Å². The van der Waals surface area contributed by atoms with Gasteiger partial charge in [-0.3, -0.25) is 4.79 Å². The third kappa shape index (κ3) is 5.55. The Balaban J connectivity index is 3.86. The predicted molar refractivity (Wildman–Crippen MR) is 59.3 cm³/mol. The van der Waals surface area contributed by atoms with Crippen LogP contribution in [0.4, 0.5) is 4.79 Å². The molecule has 3 N–H and O–H groups in total. The fraction of sp³-hybridized carbons (Fsp3) is 0.800. The molecule has 0 aromatic heterocycles. The molecule has 16 heavy (non-hydrogen) atoms. The highest BCUT2D eigenvalue weighted by molar-refractivity contribution is 5.77. The maximum absolute atomic E-state index is 11.3. The average Bonchev–Trinajstić information content (AvgIpc) is 2.22. The Labute approximate surface area is 95.4 Å². The van der Waals surface area contributed by atoms with E-state index in [0.29, 0.717) is 6.54 Å². The Morgan fingerprint density at radius 3 is 2.38 bits per heavy atom. The number of amides is 2. The van der Waals surface area contributed by atoms with Crippen LogP contribution in [0.15, 0.2) is 0 Å². The topological polar surface area (TPSA) is 87.7 Å². The Morgan fingerprint density at radius 2 is 1.94 bits per heavy atom. The number of carboxylic acids is 1. The highest BCUT2D eigenvalue weighted by atomic mass is 16.5. The van der Waals surface area contributed by atoms with Gasteiger partial charge in [0.25, 0.3) is 0 Å². The molecule has 0 bridgehead atoms. The summed E-state index contributed by atoms with van der Waals surface area (Å²) in [4.78, 5) is 22.0. The number of carbonyl (C=O) groups excluding carboxylic acids is 1. The lowest BCUT2D eigenvalue weighted by Gasteiger charge is -2.20. The van der Waals surface area contributed by atoms with Crippen molar-refractivity contribution in [1.82, 2.24) is 10.6 Å². The molecule has 0 aliphatic rings. The van der Waals surface area contributed by atoms with Crippen LogP contribution in [0.3, 0.4) is 0 Å². The smallest absolute Gasteiger partial charge is 0.314 e. The molecular formula is C10H20N2O4. The van der Waals surface area contributed by atoms with Gasteiger partial charge in [-0.1, -0.05) is 0 Å². The van der Waals surface area contributed by atoms with Gasteiger partial charge in [-0.25, -0.2) is 4.79 Å². The Bertz CT molecular complexity index is 253. The van der Waals surface area contributed by atoms with Gasteiger partial charge < -0.3 is 20.5 Å². The first kappa shape index (κ1) is 14.7. The number of nitrogens with one attached hydrogen (secondary N) is 2. The summed E-state index contributed by atoms with van der Waals surface area (Å²) in [6.45, 7) is 5.38. The minimum atomic E-state index is -0.968. The molecule has 0 spiro atoms. The zero-order chi connectivity index (χ0) is 12.8. The van der Waals surface area contributed by atoms with E-state index >= 15 is 0 Å². The van der Waals surface area contributed by atoms with E-state index in [1.807, 2.05) is 6.92 Å². The van der Waals surface area contributed by atoms with Crippen molar-refractivity contribution in [2.24, 2.45) is 5.41 Å². The molecule has 0 fully saturated rings. The molecule has 0 rings (SSSR count). The van der Waals surface area contributed by atoms with Crippen molar-refractivity contribution >= 4 is 12.0 Å². The first-order chi connectivity index (χ1) is 7.29. The lowest BCUT2D eigenvalue weighted by molar-refractivity contribution is -0.146.